The van der Waals surface area contributed by atoms with E-state index in [0.717, 1.165) is 5.56 Å². The van der Waals surface area contributed by atoms with Gasteiger partial charge in [-0.3, -0.25) is 19.2 Å². The Kier molecular flexibility index (Phi) is 16.7. The minimum absolute atomic E-state index is 0.111. The number of amides is 5. The van der Waals surface area contributed by atoms with Crippen molar-refractivity contribution in [3.8, 4) is 0 Å². The van der Waals surface area contributed by atoms with E-state index in [-0.39, 0.29) is 32.0 Å². The predicted octanol–water partition coefficient (Wildman–Crippen LogP) is 1.14. The van der Waals surface area contributed by atoms with E-state index >= 15 is 0 Å². The number of urea groups is 1. The predicted molar refractivity (Wildman–Crippen MR) is 141 cm³/mol. The highest BCUT2D eigenvalue weighted by molar-refractivity contribution is 5.98. The summed E-state index contributed by atoms with van der Waals surface area (Å²) < 4.78 is 4.93. The number of carbonyl (C=O) groups is 5. The fourth-order valence-corrected chi connectivity index (χ4v) is 2.91. The summed E-state index contributed by atoms with van der Waals surface area (Å²) in [6.45, 7) is 9.13. The highest BCUT2D eigenvalue weighted by Gasteiger charge is 2.28. The fourth-order valence-electron chi connectivity index (χ4n) is 2.91. The molecule has 2 atom stereocenters. The van der Waals surface area contributed by atoms with Gasteiger partial charge in [-0.15, -0.1) is 0 Å². The third kappa shape index (κ3) is 15.1. The highest BCUT2D eigenvalue weighted by atomic mass is 16.5. The van der Waals surface area contributed by atoms with Gasteiger partial charge in [-0.1, -0.05) is 46.2 Å². The largest absolute Gasteiger partial charge is 0.461 e. The van der Waals surface area contributed by atoms with E-state index in [0.29, 0.717) is 12.1 Å². The van der Waals surface area contributed by atoms with Crippen molar-refractivity contribution in [1.82, 2.24) is 16.0 Å². The highest BCUT2D eigenvalue weighted by Crippen LogP contribution is 2.12. The number of carbonyl (C=O) groups excluding carboxylic acids is 5. The number of rotatable bonds is 13. The molecule has 1 aromatic carbocycles. The number of nitrogens with two attached hydrogens (primary N) is 2. The molecule has 0 aliphatic rings. The summed E-state index contributed by atoms with van der Waals surface area (Å²) in [5.41, 5.74) is 11.6. The van der Waals surface area contributed by atoms with Crippen molar-refractivity contribution in [2.75, 3.05) is 18.4 Å². The molecule has 0 aromatic heterocycles. The molecule has 5 amide bonds. The Hall–Kier alpha value is -3.67. The average Bonchev–Trinajstić information content (AvgIpc) is 2.83. The molecule has 0 saturated heterocycles. The van der Waals surface area contributed by atoms with E-state index in [4.69, 9.17) is 16.2 Å². The topological polar surface area (TPSA) is 195 Å². The molecule has 0 heterocycles. The first-order valence-corrected chi connectivity index (χ1v) is 12.3. The van der Waals surface area contributed by atoms with Gasteiger partial charge in [0, 0.05) is 19.2 Å². The van der Waals surface area contributed by atoms with Gasteiger partial charge in [-0.2, -0.15) is 0 Å². The van der Waals surface area contributed by atoms with Gasteiger partial charge in [-0.05, 0) is 36.5 Å². The number of nitrogens with one attached hydrogen (secondary N) is 4. The van der Waals surface area contributed by atoms with Crippen LogP contribution < -0.4 is 32.7 Å². The van der Waals surface area contributed by atoms with Gasteiger partial charge in [0.05, 0.1) is 6.54 Å². The number of hydrogen-bond donors (Lipinski definition) is 6. The van der Waals surface area contributed by atoms with Gasteiger partial charge in [0.15, 0.2) is 0 Å². The molecule has 2 unspecified atom stereocenters. The Morgan fingerprint density at radius 1 is 0.973 bits per heavy atom. The van der Waals surface area contributed by atoms with E-state index in [1.54, 1.807) is 38.1 Å². The molecule has 0 saturated carbocycles. The van der Waals surface area contributed by atoms with Crippen LogP contribution in [0.3, 0.4) is 0 Å². The first kappa shape index (κ1) is 33.3. The zero-order valence-corrected chi connectivity index (χ0v) is 22.4. The van der Waals surface area contributed by atoms with E-state index in [9.17, 15) is 24.0 Å². The molecule has 12 nitrogen and oxygen atoms in total. The summed E-state index contributed by atoms with van der Waals surface area (Å²) in [4.78, 5) is 59.3. The van der Waals surface area contributed by atoms with Crippen LogP contribution in [0.4, 0.5) is 10.5 Å². The number of hydrogen-bond acceptors (Lipinski definition) is 7. The molecule has 0 spiro atoms. The number of ether oxygens (including phenoxy) is 1. The Morgan fingerprint density at radius 3 is 2.05 bits per heavy atom. The maximum Gasteiger partial charge on any atom is 0.312 e. The first-order chi connectivity index (χ1) is 17.4. The number of primary amides is 1. The lowest BCUT2D eigenvalue weighted by Crippen LogP contribution is -2.55. The van der Waals surface area contributed by atoms with Crippen molar-refractivity contribution in [3.05, 3.63) is 29.8 Å². The molecule has 0 aliphatic heterocycles. The molecule has 0 bridgehead atoms. The summed E-state index contributed by atoms with van der Waals surface area (Å²) in [7, 11) is 0. The van der Waals surface area contributed by atoms with Gasteiger partial charge in [-0.25, -0.2) is 4.79 Å². The molecular formula is C25H42N6O6. The van der Waals surface area contributed by atoms with Crippen molar-refractivity contribution in [1.29, 1.82) is 0 Å². The van der Waals surface area contributed by atoms with E-state index in [2.05, 4.69) is 35.1 Å². The standard InChI is InChI=1S/C22H34N6O6.C3H8/c1-13(2)19(28-18(30)11-23)21(32)27-17(5-4-10-25-22(24)33)20(31)26-16-8-6-15(7-9-16)12-34-14(3)29;1-3-2/h6-9,13,17,19H,4-5,10-12,23H2,1-3H3,(H,26,31)(H,27,32)(H,28,30)(H3,24,25,33);3H2,1-2H3. The first-order valence-electron chi connectivity index (χ1n) is 12.3. The summed E-state index contributed by atoms with van der Waals surface area (Å²) in [6, 6.07) is 4.16. The van der Waals surface area contributed by atoms with E-state index < -0.39 is 41.8 Å². The Balaban J connectivity index is 0.00000410. The second-order valence-electron chi connectivity index (χ2n) is 8.66. The Bertz CT molecular complexity index is 875. The quantitative estimate of drug-likeness (QED) is 0.165. The lowest BCUT2D eigenvalue weighted by atomic mass is 10.0. The maximum absolute atomic E-state index is 12.9. The van der Waals surface area contributed by atoms with Crippen LogP contribution in [0.2, 0.25) is 0 Å². The second kappa shape index (κ2) is 18.6. The zero-order valence-electron chi connectivity index (χ0n) is 22.4. The lowest BCUT2D eigenvalue weighted by molar-refractivity contribution is -0.142. The van der Waals surface area contributed by atoms with Crippen molar-refractivity contribution < 1.29 is 28.7 Å². The molecule has 0 fully saturated rings. The molecular weight excluding hydrogens is 480 g/mol. The number of esters is 1. The second-order valence-corrected chi connectivity index (χ2v) is 8.66. The van der Waals surface area contributed by atoms with Crippen molar-refractivity contribution in [2.24, 2.45) is 17.4 Å². The third-order valence-electron chi connectivity index (χ3n) is 4.72. The molecule has 0 aliphatic carbocycles. The van der Waals surface area contributed by atoms with Crippen LogP contribution in [-0.2, 0) is 30.5 Å². The smallest absolute Gasteiger partial charge is 0.312 e. The van der Waals surface area contributed by atoms with Gasteiger partial charge in [0.2, 0.25) is 17.7 Å². The number of benzene rings is 1. The average molecular weight is 523 g/mol. The lowest BCUT2D eigenvalue weighted by Gasteiger charge is -2.25. The molecule has 12 heteroatoms. The maximum atomic E-state index is 12.9. The zero-order chi connectivity index (χ0) is 28.4. The molecule has 1 rings (SSSR count). The van der Waals surface area contributed by atoms with Gasteiger partial charge < -0.3 is 37.5 Å². The normalized spacial score (nSPS) is 11.8. The molecule has 8 N–H and O–H groups in total. The summed E-state index contributed by atoms with van der Waals surface area (Å²) >= 11 is 0. The van der Waals surface area contributed by atoms with Gasteiger partial charge in [0.1, 0.15) is 18.7 Å². The molecule has 208 valence electrons. The van der Waals surface area contributed by atoms with Gasteiger partial charge >= 0.3 is 12.0 Å². The minimum atomic E-state index is -0.945. The summed E-state index contributed by atoms with van der Waals surface area (Å²) in [5.74, 6) is -2.15. The minimum Gasteiger partial charge on any atom is -0.461 e. The monoisotopic (exact) mass is 522 g/mol. The van der Waals surface area contributed by atoms with Crippen LogP contribution in [0, 0.1) is 5.92 Å². The van der Waals surface area contributed by atoms with Crippen molar-refractivity contribution >= 4 is 35.4 Å². The van der Waals surface area contributed by atoms with Crippen LogP contribution in [0.15, 0.2) is 24.3 Å². The summed E-state index contributed by atoms with van der Waals surface area (Å²) in [5, 5.41) is 10.4. The SMILES string of the molecule is CC(=O)OCc1ccc(NC(=O)C(CCCNC(N)=O)NC(=O)C(NC(=O)CN)C(C)C)cc1.CCC. The summed E-state index contributed by atoms with van der Waals surface area (Å²) in [6.07, 6.45) is 1.82. The van der Waals surface area contributed by atoms with Crippen LogP contribution in [0.25, 0.3) is 0 Å². The van der Waals surface area contributed by atoms with Crippen molar-refractivity contribution in [3.63, 3.8) is 0 Å². The fraction of sp³-hybridized carbons (Fsp3) is 0.560. The Labute approximate surface area is 218 Å². The van der Waals surface area contributed by atoms with E-state index in [1.807, 2.05) is 0 Å². The van der Waals surface area contributed by atoms with E-state index in [1.165, 1.54) is 13.3 Å². The van der Waals surface area contributed by atoms with Gasteiger partial charge in [0.25, 0.3) is 0 Å². The van der Waals surface area contributed by atoms with Crippen LogP contribution in [0.5, 0.6) is 0 Å². The van der Waals surface area contributed by atoms with Crippen molar-refractivity contribution in [2.45, 2.75) is 72.6 Å². The molecule has 0 radical (unpaired) electrons. The number of anilines is 1. The Morgan fingerprint density at radius 2 is 1.57 bits per heavy atom. The molecule has 37 heavy (non-hydrogen) atoms. The third-order valence-corrected chi connectivity index (χ3v) is 4.72. The van der Waals surface area contributed by atoms with Crippen LogP contribution in [0.1, 0.15) is 59.4 Å². The van der Waals surface area contributed by atoms with Crippen LogP contribution >= 0.6 is 0 Å². The van der Waals surface area contributed by atoms with Crippen LogP contribution in [-0.4, -0.2) is 54.9 Å². The molecule has 1 aromatic rings.